The minimum Gasteiger partial charge on any atom is -0.393 e. The lowest BCUT2D eigenvalue weighted by molar-refractivity contribution is 0.0816. The van der Waals surface area contributed by atoms with Crippen molar-refractivity contribution in [2.45, 2.75) is 25.4 Å². The molecule has 0 radical (unpaired) electrons. The van der Waals surface area contributed by atoms with E-state index in [9.17, 15) is 18.7 Å². The molecule has 1 amide bonds. The maximum absolute atomic E-state index is 13.4. The number of hydrogen-bond donors (Lipinski definition) is 2. The molecular formula is C15H20F2N2O2. The predicted molar refractivity (Wildman–Crippen MR) is 75.0 cm³/mol. The molecule has 21 heavy (non-hydrogen) atoms. The summed E-state index contributed by atoms with van der Waals surface area (Å²) in [4.78, 5) is 14.0. The summed E-state index contributed by atoms with van der Waals surface area (Å²) in [5, 5.41) is 11.9. The van der Waals surface area contributed by atoms with Crippen LogP contribution in [0.4, 0.5) is 8.78 Å². The van der Waals surface area contributed by atoms with E-state index in [0.29, 0.717) is 13.0 Å². The van der Waals surface area contributed by atoms with Crippen LogP contribution in [0.1, 0.15) is 29.6 Å². The zero-order valence-electron chi connectivity index (χ0n) is 11.8. The van der Waals surface area contributed by atoms with E-state index < -0.39 is 23.1 Å². The Morgan fingerprint density at radius 1 is 1.29 bits per heavy atom. The van der Waals surface area contributed by atoms with Crippen molar-refractivity contribution in [3.8, 4) is 0 Å². The van der Waals surface area contributed by atoms with Crippen LogP contribution in [0, 0.1) is 11.6 Å². The highest BCUT2D eigenvalue weighted by molar-refractivity contribution is 5.94. The number of likely N-dealkylation sites (tertiary alicyclic amines) is 1. The van der Waals surface area contributed by atoms with Gasteiger partial charge >= 0.3 is 0 Å². The lowest BCUT2D eigenvalue weighted by atomic mass is 10.1. The molecule has 1 heterocycles. The summed E-state index contributed by atoms with van der Waals surface area (Å²) in [5.74, 6) is -2.42. The number of aliphatic hydroxyl groups is 1. The molecule has 1 aliphatic heterocycles. The first-order chi connectivity index (χ1) is 10.1. The maximum atomic E-state index is 13.4. The number of piperidine rings is 1. The van der Waals surface area contributed by atoms with E-state index >= 15 is 0 Å². The third-order valence-electron chi connectivity index (χ3n) is 3.68. The average Bonchev–Trinajstić information content (AvgIpc) is 2.45. The van der Waals surface area contributed by atoms with Crippen LogP contribution in [0.5, 0.6) is 0 Å². The molecule has 0 atom stereocenters. The van der Waals surface area contributed by atoms with Crippen LogP contribution in [0.2, 0.25) is 0 Å². The second-order valence-electron chi connectivity index (χ2n) is 5.28. The summed E-state index contributed by atoms with van der Waals surface area (Å²) in [6.45, 7) is 2.85. The summed E-state index contributed by atoms with van der Waals surface area (Å²) >= 11 is 0. The molecule has 0 aromatic heterocycles. The molecule has 0 bridgehead atoms. The van der Waals surface area contributed by atoms with E-state index in [1.165, 1.54) is 6.07 Å². The van der Waals surface area contributed by atoms with Gasteiger partial charge in [0.1, 0.15) is 17.2 Å². The first-order valence-corrected chi connectivity index (χ1v) is 7.20. The van der Waals surface area contributed by atoms with Gasteiger partial charge in [0, 0.05) is 19.6 Å². The average molecular weight is 298 g/mol. The predicted octanol–water partition coefficient (Wildman–Crippen LogP) is 1.54. The van der Waals surface area contributed by atoms with Gasteiger partial charge in [-0.25, -0.2) is 8.78 Å². The minimum absolute atomic E-state index is 0.204. The van der Waals surface area contributed by atoms with Crippen molar-refractivity contribution in [1.82, 2.24) is 10.2 Å². The van der Waals surface area contributed by atoms with E-state index in [-0.39, 0.29) is 6.10 Å². The molecule has 1 aliphatic rings. The molecule has 1 saturated heterocycles. The van der Waals surface area contributed by atoms with E-state index in [2.05, 4.69) is 10.2 Å². The number of aliphatic hydroxyl groups excluding tert-OH is 1. The molecule has 0 aliphatic carbocycles. The van der Waals surface area contributed by atoms with Crippen LogP contribution < -0.4 is 5.32 Å². The van der Waals surface area contributed by atoms with Crippen LogP contribution in [0.3, 0.4) is 0 Å². The number of carbonyl (C=O) groups is 1. The van der Waals surface area contributed by atoms with Gasteiger partial charge in [0.25, 0.3) is 5.91 Å². The molecule has 2 N–H and O–H groups in total. The largest absolute Gasteiger partial charge is 0.393 e. The molecule has 0 spiro atoms. The Labute approximate surface area is 122 Å². The van der Waals surface area contributed by atoms with Gasteiger partial charge in [0.2, 0.25) is 0 Å². The molecule has 6 heteroatoms. The summed E-state index contributed by atoms with van der Waals surface area (Å²) in [6, 6.07) is 3.36. The number of nitrogens with zero attached hydrogens (tertiary/aromatic N) is 1. The van der Waals surface area contributed by atoms with Crippen molar-refractivity contribution in [2.24, 2.45) is 0 Å². The number of halogens is 2. The van der Waals surface area contributed by atoms with Gasteiger partial charge in [-0.15, -0.1) is 0 Å². The maximum Gasteiger partial charge on any atom is 0.257 e. The lowest BCUT2D eigenvalue weighted by Gasteiger charge is -2.29. The van der Waals surface area contributed by atoms with Crippen LogP contribution in [0.25, 0.3) is 0 Å². The Bertz CT molecular complexity index is 468. The van der Waals surface area contributed by atoms with Crippen LogP contribution in [0.15, 0.2) is 18.2 Å². The third kappa shape index (κ3) is 4.47. The first-order valence-electron chi connectivity index (χ1n) is 7.20. The van der Waals surface area contributed by atoms with Crippen molar-refractivity contribution in [2.75, 3.05) is 26.2 Å². The van der Waals surface area contributed by atoms with Crippen LogP contribution >= 0.6 is 0 Å². The van der Waals surface area contributed by atoms with Gasteiger partial charge < -0.3 is 15.3 Å². The standard InChI is InChI=1S/C15H20F2N2O2/c16-12-3-1-4-13(17)14(12)15(21)18-7-2-8-19-9-5-11(20)6-10-19/h1,3-4,11,20H,2,5-10H2,(H,18,21). The molecule has 116 valence electrons. The molecular weight excluding hydrogens is 278 g/mol. The number of carbonyl (C=O) groups excluding carboxylic acids is 1. The highest BCUT2D eigenvalue weighted by Crippen LogP contribution is 2.12. The first kappa shape index (κ1) is 15.9. The van der Waals surface area contributed by atoms with Crippen molar-refractivity contribution in [1.29, 1.82) is 0 Å². The van der Waals surface area contributed by atoms with Crippen molar-refractivity contribution in [3.05, 3.63) is 35.4 Å². The second kappa shape index (κ2) is 7.47. The monoisotopic (exact) mass is 298 g/mol. The molecule has 0 saturated carbocycles. The van der Waals surface area contributed by atoms with Crippen molar-refractivity contribution < 1.29 is 18.7 Å². The summed E-state index contributed by atoms with van der Waals surface area (Å²) < 4.78 is 26.8. The van der Waals surface area contributed by atoms with Gasteiger partial charge in [0.05, 0.1) is 6.10 Å². The summed E-state index contributed by atoms with van der Waals surface area (Å²) in [5.41, 5.74) is -0.529. The third-order valence-corrected chi connectivity index (χ3v) is 3.68. The molecule has 1 aromatic rings. The Hall–Kier alpha value is -1.53. The number of amides is 1. The van der Waals surface area contributed by atoms with Gasteiger partial charge in [-0.1, -0.05) is 6.07 Å². The molecule has 2 rings (SSSR count). The van der Waals surface area contributed by atoms with Gasteiger partial charge in [0.15, 0.2) is 0 Å². The molecule has 1 fully saturated rings. The number of nitrogens with one attached hydrogen (secondary N) is 1. The topological polar surface area (TPSA) is 52.6 Å². The quantitative estimate of drug-likeness (QED) is 0.811. The Kier molecular flexibility index (Phi) is 5.64. The van der Waals surface area contributed by atoms with Gasteiger partial charge in [-0.3, -0.25) is 4.79 Å². The molecule has 0 unspecified atom stereocenters. The number of hydrogen-bond acceptors (Lipinski definition) is 3. The van der Waals surface area contributed by atoms with Crippen molar-refractivity contribution >= 4 is 5.91 Å². The van der Waals surface area contributed by atoms with E-state index in [1.807, 2.05) is 0 Å². The normalized spacial score (nSPS) is 16.9. The minimum atomic E-state index is -0.850. The van der Waals surface area contributed by atoms with Crippen LogP contribution in [-0.4, -0.2) is 48.2 Å². The summed E-state index contributed by atoms with van der Waals surface area (Å²) in [6.07, 6.45) is 2.04. The zero-order valence-corrected chi connectivity index (χ0v) is 11.8. The second-order valence-corrected chi connectivity index (χ2v) is 5.28. The van der Waals surface area contributed by atoms with Crippen molar-refractivity contribution in [3.63, 3.8) is 0 Å². The molecule has 4 nitrogen and oxygen atoms in total. The number of rotatable bonds is 5. The fraction of sp³-hybridized carbons (Fsp3) is 0.533. The van der Waals surface area contributed by atoms with E-state index in [1.54, 1.807) is 0 Å². The Morgan fingerprint density at radius 3 is 2.52 bits per heavy atom. The van der Waals surface area contributed by atoms with Gasteiger partial charge in [-0.05, 0) is 37.9 Å². The van der Waals surface area contributed by atoms with Gasteiger partial charge in [-0.2, -0.15) is 0 Å². The number of benzene rings is 1. The fourth-order valence-corrected chi connectivity index (χ4v) is 2.45. The van der Waals surface area contributed by atoms with E-state index in [0.717, 1.165) is 44.6 Å². The summed E-state index contributed by atoms with van der Waals surface area (Å²) in [7, 11) is 0. The highest BCUT2D eigenvalue weighted by Gasteiger charge is 2.18. The lowest BCUT2D eigenvalue weighted by Crippen LogP contribution is -2.37. The van der Waals surface area contributed by atoms with Crippen LogP contribution in [-0.2, 0) is 0 Å². The molecule has 1 aromatic carbocycles. The SMILES string of the molecule is O=C(NCCCN1CCC(O)CC1)c1c(F)cccc1F. The Balaban J connectivity index is 1.72. The van der Waals surface area contributed by atoms with E-state index in [4.69, 9.17) is 0 Å². The highest BCUT2D eigenvalue weighted by atomic mass is 19.1. The fourth-order valence-electron chi connectivity index (χ4n) is 2.45. The zero-order chi connectivity index (χ0) is 15.2. The Morgan fingerprint density at radius 2 is 1.90 bits per heavy atom. The smallest absolute Gasteiger partial charge is 0.257 e.